The van der Waals surface area contributed by atoms with E-state index in [0.717, 1.165) is 12.8 Å². The highest BCUT2D eigenvalue weighted by atomic mass is 32.1. The predicted molar refractivity (Wildman–Crippen MR) is 111 cm³/mol. The van der Waals surface area contributed by atoms with E-state index in [1.165, 1.54) is 16.7 Å². The Balaban J connectivity index is 1.73. The molecule has 7 rings (SSSR count). The third kappa shape index (κ3) is 1.89. The molecule has 0 aliphatic heterocycles. The Bertz CT molecular complexity index is 1050. The van der Waals surface area contributed by atoms with Crippen molar-refractivity contribution in [3.8, 4) is 0 Å². The van der Waals surface area contributed by atoms with Crippen molar-refractivity contribution in [1.29, 1.82) is 0 Å². The van der Waals surface area contributed by atoms with Crippen LogP contribution in [0.2, 0.25) is 0 Å². The third-order valence-electron chi connectivity index (χ3n) is 6.20. The molecule has 0 N–H and O–H groups in total. The summed E-state index contributed by atoms with van der Waals surface area (Å²) in [5.41, 5.74) is 9.15. The molecule has 4 aromatic rings. The molecule has 0 unspecified atom stereocenters. The first-order valence-electron chi connectivity index (χ1n) is 9.13. The Morgan fingerprint density at radius 2 is 1.58 bits per heavy atom. The first-order valence-corrected chi connectivity index (χ1v) is 11.0. The molecule has 0 saturated carbocycles. The molecule has 2 aromatic heterocycles. The molecule has 0 radical (unpaired) electrons. The Labute approximate surface area is 161 Å². The number of rotatable bonds is 2. The second kappa shape index (κ2) is 5.42. The lowest BCUT2D eigenvalue weighted by atomic mass is 9.61. The van der Waals surface area contributed by atoms with Gasteiger partial charge < -0.3 is 0 Å². The quantitative estimate of drug-likeness (QED) is 0.383. The lowest BCUT2D eigenvalue weighted by Gasteiger charge is -2.41. The summed E-state index contributed by atoms with van der Waals surface area (Å²) in [7, 11) is 0. The van der Waals surface area contributed by atoms with E-state index in [9.17, 15) is 0 Å². The van der Waals surface area contributed by atoms with Crippen molar-refractivity contribution in [1.82, 2.24) is 0 Å². The minimum Gasteiger partial charge on any atom is -0.152 e. The zero-order valence-corrected chi connectivity index (χ0v) is 15.9. The molecule has 0 nitrogen and oxygen atoms in total. The van der Waals surface area contributed by atoms with Crippen LogP contribution in [0.4, 0.5) is 0 Å². The molecule has 126 valence electrons. The van der Waals surface area contributed by atoms with Crippen molar-refractivity contribution >= 4 is 22.7 Å². The monoisotopic (exact) mass is 370 g/mol. The first-order chi connectivity index (χ1) is 12.9. The maximum atomic E-state index is 2.39. The smallest absolute Gasteiger partial charge is 0.0442 e. The Kier molecular flexibility index (Phi) is 3.12. The molecule has 3 aliphatic rings. The lowest BCUT2D eigenvalue weighted by Crippen LogP contribution is -2.36. The summed E-state index contributed by atoms with van der Waals surface area (Å²) < 4.78 is 0. The molecule has 2 heterocycles. The molecule has 26 heavy (non-hydrogen) atoms. The number of thiophene rings is 2. The third-order valence-corrected chi connectivity index (χ3v) is 7.95. The van der Waals surface area contributed by atoms with E-state index in [0.29, 0.717) is 5.92 Å². The largest absolute Gasteiger partial charge is 0.152 e. The highest BCUT2D eigenvalue weighted by Crippen LogP contribution is 2.56. The van der Waals surface area contributed by atoms with E-state index >= 15 is 0 Å². The first kappa shape index (κ1) is 15.0. The predicted octanol–water partition coefficient (Wildman–Crippen LogP) is 6.39. The fourth-order valence-corrected chi connectivity index (χ4v) is 6.95. The van der Waals surface area contributed by atoms with Crippen LogP contribution in [0.3, 0.4) is 0 Å². The van der Waals surface area contributed by atoms with Gasteiger partial charge in [-0.05, 0) is 74.5 Å². The van der Waals surface area contributed by atoms with Gasteiger partial charge in [0.25, 0.3) is 0 Å². The maximum absolute atomic E-state index is 2.39. The van der Waals surface area contributed by atoms with Crippen LogP contribution >= 0.6 is 22.7 Å². The Morgan fingerprint density at radius 3 is 2.27 bits per heavy atom. The number of hydrogen-bond acceptors (Lipinski definition) is 2. The fraction of sp³-hybridized carbons (Fsp3) is 0.167. The van der Waals surface area contributed by atoms with E-state index in [2.05, 4.69) is 76.8 Å². The zero-order valence-electron chi connectivity index (χ0n) is 14.3. The molecule has 0 amide bonds. The molecule has 0 spiro atoms. The molecule has 2 heteroatoms. The molecule has 0 saturated heterocycles. The van der Waals surface area contributed by atoms with Gasteiger partial charge >= 0.3 is 0 Å². The van der Waals surface area contributed by atoms with E-state index < -0.39 is 0 Å². The van der Waals surface area contributed by atoms with Gasteiger partial charge in [0, 0.05) is 16.2 Å². The maximum Gasteiger partial charge on any atom is 0.0442 e. The van der Waals surface area contributed by atoms with Gasteiger partial charge in [0.1, 0.15) is 0 Å². The van der Waals surface area contributed by atoms with Gasteiger partial charge in [-0.25, -0.2) is 0 Å². The van der Waals surface area contributed by atoms with Gasteiger partial charge in [-0.1, -0.05) is 48.5 Å². The van der Waals surface area contributed by atoms with Gasteiger partial charge in [-0.15, -0.1) is 11.3 Å². The van der Waals surface area contributed by atoms with Gasteiger partial charge in [-0.2, -0.15) is 11.3 Å². The summed E-state index contributed by atoms with van der Waals surface area (Å²) in [6.07, 6.45) is 2.18. The molecule has 2 bridgehead atoms. The van der Waals surface area contributed by atoms with Crippen molar-refractivity contribution in [3.63, 3.8) is 0 Å². The fourth-order valence-electron chi connectivity index (χ4n) is 5.22. The average Bonchev–Trinajstić information content (AvgIpc) is 3.31. The van der Waals surface area contributed by atoms with Crippen molar-refractivity contribution in [2.75, 3.05) is 0 Å². The van der Waals surface area contributed by atoms with Crippen LogP contribution in [0, 0.1) is 0 Å². The number of benzene rings is 2. The summed E-state index contributed by atoms with van der Waals surface area (Å²) in [5.74, 6) is 0.399. The highest BCUT2D eigenvalue weighted by Gasteiger charge is 2.47. The summed E-state index contributed by atoms with van der Waals surface area (Å²) in [4.78, 5) is 1.55. The lowest BCUT2D eigenvalue weighted by molar-refractivity contribution is 0.497. The summed E-state index contributed by atoms with van der Waals surface area (Å²) in [6, 6.07) is 23.1. The average molecular weight is 371 g/mol. The van der Waals surface area contributed by atoms with Crippen molar-refractivity contribution in [2.24, 2.45) is 0 Å². The molecule has 0 atom stereocenters. The van der Waals surface area contributed by atoms with Gasteiger partial charge in [-0.3, -0.25) is 0 Å². The molecule has 3 aliphatic carbocycles. The molecular weight excluding hydrogens is 352 g/mol. The minimum atomic E-state index is 0.0388. The Hall–Kier alpha value is -2.16. The summed E-state index contributed by atoms with van der Waals surface area (Å²) in [5, 5.41) is 6.82. The molecular formula is C24H18S2. The van der Waals surface area contributed by atoms with Crippen molar-refractivity contribution in [3.05, 3.63) is 115 Å². The Morgan fingerprint density at radius 1 is 0.846 bits per heavy atom. The zero-order chi connectivity index (χ0) is 17.1. The van der Waals surface area contributed by atoms with E-state index in [1.807, 2.05) is 22.7 Å². The summed E-state index contributed by atoms with van der Waals surface area (Å²) in [6.45, 7) is 0. The molecule has 2 aromatic carbocycles. The van der Waals surface area contributed by atoms with Crippen LogP contribution in [0.25, 0.3) is 0 Å². The van der Waals surface area contributed by atoms with E-state index in [-0.39, 0.29) is 5.41 Å². The van der Waals surface area contributed by atoms with Crippen LogP contribution in [-0.4, -0.2) is 0 Å². The minimum absolute atomic E-state index is 0.0388. The van der Waals surface area contributed by atoms with Crippen LogP contribution in [0.1, 0.15) is 44.2 Å². The molecule has 0 fully saturated rings. The second-order valence-electron chi connectivity index (χ2n) is 7.48. The highest BCUT2D eigenvalue weighted by molar-refractivity contribution is 7.10. The summed E-state index contributed by atoms with van der Waals surface area (Å²) >= 11 is 3.74. The van der Waals surface area contributed by atoms with Crippen LogP contribution in [-0.2, 0) is 18.3 Å². The van der Waals surface area contributed by atoms with Crippen LogP contribution in [0.15, 0.2) is 76.8 Å². The normalized spacial score (nSPS) is 22.4. The standard InChI is InChI=1S/C24H18S2/c1-3-7-20-18(5-1)22-19-6-2-4-8-21(19)24(20,13-16-9-11-25-15-16)14-17-10-12-26-23(17)22/h1-12,15,22H,13-14H2. The van der Waals surface area contributed by atoms with Gasteiger partial charge in [0.05, 0.1) is 0 Å². The van der Waals surface area contributed by atoms with E-state index in [4.69, 9.17) is 0 Å². The second-order valence-corrected chi connectivity index (χ2v) is 9.21. The van der Waals surface area contributed by atoms with Crippen molar-refractivity contribution < 1.29 is 0 Å². The van der Waals surface area contributed by atoms with Crippen LogP contribution < -0.4 is 0 Å². The van der Waals surface area contributed by atoms with Crippen LogP contribution in [0.5, 0.6) is 0 Å². The van der Waals surface area contributed by atoms with Crippen molar-refractivity contribution in [2.45, 2.75) is 24.2 Å². The topological polar surface area (TPSA) is 0 Å². The van der Waals surface area contributed by atoms with E-state index in [1.54, 1.807) is 21.6 Å². The van der Waals surface area contributed by atoms with Gasteiger partial charge in [0.15, 0.2) is 0 Å². The SMILES string of the molecule is c1ccc2c(c1)C1c3ccccc3C2(Cc2ccsc2)Cc2ccsc21. The number of hydrogen-bond donors (Lipinski definition) is 0. The van der Waals surface area contributed by atoms with Gasteiger partial charge in [0.2, 0.25) is 0 Å².